The Balaban J connectivity index is 1.73. The van der Waals surface area contributed by atoms with Gasteiger partial charge in [-0.15, -0.1) is 11.3 Å². The maximum atomic E-state index is 13.5. The summed E-state index contributed by atoms with van der Waals surface area (Å²) in [5.41, 5.74) is 2.48. The number of aromatic nitrogens is 1. The van der Waals surface area contributed by atoms with E-state index in [0.29, 0.717) is 37.9 Å². The molecule has 0 saturated heterocycles. The van der Waals surface area contributed by atoms with Crippen molar-refractivity contribution in [2.24, 2.45) is 11.3 Å². The van der Waals surface area contributed by atoms with Crippen LogP contribution in [0.15, 0.2) is 22.7 Å². The molecule has 0 fully saturated rings. The SMILES string of the molecule is CCC(C)(C)[C@@H]1CCc2c(sc(NC(=O)c3c(-c4c(Cl)cccc4Cl)noc3C)c2C(=O)OC)C1. The molecule has 0 aliphatic heterocycles. The summed E-state index contributed by atoms with van der Waals surface area (Å²) in [4.78, 5) is 27.4. The van der Waals surface area contributed by atoms with Crippen LogP contribution < -0.4 is 5.32 Å². The summed E-state index contributed by atoms with van der Waals surface area (Å²) in [6.45, 7) is 8.43. The average molecular weight is 535 g/mol. The lowest BCUT2D eigenvalue weighted by Crippen LogP contribution is -2.28. The van der Waals surface area contributed by atoms with Gasteiger partial charge in [0.25, 0.3) is 5.91 Å². The smallest absolute Gasteiger partial charge is 0.341 e. The summed E-state index contributed by atoms with van der Waals surface area (Å²) in [7, 11) is 1.35. The van der Waals surface area contributed by atoms with Crippen molar-refractivity contribution in [3.8, 4) is 11.3 Å². The Labute approximate surface area is 218 Å². The maximum Gasteiger partial charge on any atom is 0.341 e. The zero-order valence-electron chi connectivity index (χ0n) is 20.4. The van der Waals surface area contributed by atoms with Crippen LogP contribution in [0.1, 0.15) is 70.5 Å². The van der Waals surface area contributed by atoms with Crippen molar-refractivity contribution in [2.75, 3.05) is 12.4 Å². The van der Waals surface area contributed by atoms with Crippen LogP contribution in [0.5, 0.6) is 0 Å². The highest BCUT2D eigenvalue weighted by Crippen LogP contribution is 2.46. The summed E-state index contributed by atoms with van der Waals surface area (Å²) >= 11 is 14.2. The Morgan fingerprint density at radius 2 is 1.94 bits per heavy atom. The van der Waals surface area contributed by atoms with Crippen molar-refractivity contribution in [3.05, 3.63) is 55.6 Å². The first-order chi connectivity index (χ1) is 16.6. The number of methoxy groups -OCH3 is 1. The number of thiophene rings is 1. The molecule has 1 amide bonds. The third-order valence-corrected chi connectivity index (χ3v) is 8.99. The van der Waals surface area contributed by atoms with Gasteiger partial charge in [-0.3, -0.25) is 4.79 Å². The van der Waals surface area contributed by atoms with Crippen LogP contribution in [0.4, 0.5) is 5.00 Å². The van der Waals surface area contributed by atoms with Gasteiger partial charge in [-0.05, 0) is 55.2 Å². The first kappa shape index (κ1) is 25.7. The van der Waals surface area contributed by atoms with E-state index in [-0.39, 0.29) is 16.7 Å². The Morgan fingerprint density at radius 1 is 1.26 bits per heavy atom. The molecular weight excluding hydrogens is 507 g/mol. The number of ether oxygens (including phenoxy) is 1. The number of rotatable bonds is 6. The molecule has 35 heavy (non-hydrogen) atoms. The number of halogens is 2. The average Bonchev–Trinajstić information content (AvgIpc) is 3.37. The molecule has 2 aromatic heterocycles. The van der Waals surface area contributed by atoms with Gasteiger partial charge in [-0.1, -0.05) is 61.6 Å². The number of hydrogen-bond acceptors (Lipinski definition) is 6. The van der Waals surface area contributed by atoms with E-state index in [2.05, 4.69) is 31.2 Å². The highest BCUT2D eigenvalue weighted by molar-refractivity contribution is 7.17. The number of benzene rings is 1. The van der Waals surface area contributed by atoms with Crippen LogP contribution in [0.3, 0.4) is 0 Å². The second kappa shape index (κ2) is 9.96. The highest BCUT2D eigenvalue weighted by Gasteiger charge is 2.36. The molecule has 6 nitrogen and oxygen atoms in total. The molecule has 0 saturated carbocycles. The molecule has 1 aliphatic carbocycles. The van der Waals surface area contributed by atoms with E-state index in [4.69, 9.17) is 32.5 Å². The van der Waals surface area contributed by atoms with Crippen LogP contribution in [-0.4, -0.2) is 24.1 Å². The zero-order valence-corrected chi connectivity index (χ0v) is 22.7. The molecule has 0 unspecified atom stereocenters. The summed E-state index contributed by atoms with van der Waals surface area (Å²) in [5.74, 6) is -0.0903. The Bertz CT molecular complexity index is 1270. The first-order valence-corrected chi connectivity index (χ1v) is 13.1. The number of anilines is 1. The number of amides is 1. The topological polar surface area (TPSA) is 81.4 Å². The first-order valence-electron chi connectivity index (χ1n) is 11.5. The predicted molar refractivity (Wildman–Crippen MR) is 140 cm³/mol. The number of carbonyl (C=O) groups is 2. The zero-order chi connectivity index (χ0) is 25.5. The van der Waals surface area contributed by atoms with E-state index < -0.39 is 11.9 Å². The van der Waals surface area contributed by atoms with E-state index in [1.54, 1.807) is 25.1 Å². The molecule has 0 spiro atoms. The quantitative estimate of drug-likeness (QED) is 0.329. The largest absolute Gasteiger partial charge is 0.465 e. The van der Waals surface area contributed by atoms with Crippen molar-refractivity contribution in [1.29, 1.82) is 0 Å². The third kappa shape index (κ3) is 4.74. The van der Waals surface area contributed by atoms with Crippen molar-refractivity contribution in [3.63, 3.8) is 0 Å². The van der Waals surface area contributed by atoms with E-state index >= 15 is 0 Å². The molecular formula is C26H28Cl2N2O4S. The van der Waals surface area contributed by atoms with Crippen molar-refractivity contribution in [2.45, 2.75) is 53.4 Å². The number of carbonyl (C=O) groups excluding carboxylic acids is 2. The van der Waals surface area contributed by atoms with Gasteiger partial charge in [-0.25, -0.2) is 4.79 Å². The minimum Gasteiger partial charge on any atom is -0.465 e. The fourth-order valence-electron chi connectivity index (χ4n) is 4.65. The number of nitrogens with one attached hydrogen (secondary N) is 1. The van der Waals surface area contributed by atoms with Gasteiger partial charge in [0.05, 0.1) is 22.7 Å². The molecule has 1 aromatic carbocycles. The van der Waals surface area contributed by atoms with Crippen LogP contribution >= 0.6 is 34.5 Å². The minimum absolute atomic E-state index is 0.194. The Morgan fingerprint density at radius 3 is 2.57 bits per heavy atom. The van der Waals surface area contributed by atoms with Gasteiger partial charge in [0.1, 0.15) is 22.0 Å². The third-order valence-electron chi connectivity index (χ3n) is 7.19. The van der Waals surface area contributed by atoms with Gasteiger partial charge in [0.2, 0.25) is 0 Å². The summed E-state index contributed by atoms with van der Waals surface area (Å²) in [6.07, 6.45) is 3.70. The summed E-state index contributed by atoms with van der Waals surface area (Å²) in [6, 6.07) is 5.06. The number of fused-ring (bicyclic) bond motifs is 1. The van der Waals surface area contributed by atoms with Crippen LogP contribution in [0, 0.1) is 18.3 Å². The Kier molecular flexibility index (Phi) is 7.32. The number of esters is 1. The minimum atomic E-state index is -0.456. The summed E-state index contributed by atoms with van der Waals surface area (Å²) < 4.78 is 10.4. The number of hydrogen-bond donors (Lipinski definition) is 1. The molecule has 0 radical (unpaired) electrons. The molecule has 1 N–H and O–H groups in total. The van der Waals surface area contributed by atoms with E-state index in [1.807, 2.05) is 0 Å². The lowest BCUT2D eigenvalue weighted by molar-refractivity contribution is 0.0600. The Hall–Kier alpha value is -2.35. The lowest BCUT2D eigenvalue weighted by Gasteiger charge is -2.36. The van der Waals surface area contributed by atoms with Gasteiger partial charge in [-0.2, -0.15) is 0 Å². The molecule has 9 heteroatoms. The number of nitrogens with zero attached hydrogens (tertiary/aromatic N) is 1. The molecule has 1 atom stereocenters. The molecule has 1 aliphatic rings. The molecule has 3 aromatic rings. The standard InChI is InChI=1S/C26H28Cl2N2O4S/c1-6-26(3,4)14-10-11-15-18(12-14)35-24(20(15)25(32)33-5)29-23(31)19-13(2)34-30-22(19)21-16(27)8-7-9-17(21)28/h7-9,14H,6,10-12H2,1-5H3,(H,29,31)/t14-/m1/s1. The van der Waals surface area contributed by atoms with E-state index in [0.717, 1.165) is 36.1 Å². The second-order valence-electron chi connectivity index (χ2n) is 9.49. The van der Waals surface area contributed by atoms with Gasteiger partial charge in [0.15, 0.2) is 0 Å². The number of aryl methyl sites for hydroxylation is 1. The second-order valence-corrected chi connectivity index (χ2v) is 11.4. The lowest BCUT2D eigenvalue weighted by atomic mass is 9.69. The van der Waals surface area contributed by atoms with Crippen LogP contribution in [0.25, 0.3) is 11.3 Å². The fourth-order valence-corrected chi connectivity index (χ4v) is 6.53. The molecule has 4 rings (SSSR count). The van der Waals surface area contributed by atoms with Crippen LogP contribution in [-0.2, 0) is 17.6 Å². The van der Waals surface area contributed by atoms with Crippen LogP contribution in [0.2, 0.25) is 10.0 Å². The van der Waals surface area contributed by atoms with Gasteiger partial charge < -0.3 is 14.6 Å². The monoisotopic (exact) mass is 534 g/mol. The van der Waals surface area contributed by atoms with Crippen molar-refractivity contribution < 1.29 is 18.8 Å². The van der Waals surface area contributed by atoms with Gasteiger partial charge >= 0.3 is 5.97 Å². The van der Waals surface area contributed by atoms with Crippen molar-refractivity contribution >= 4 is 51.4 Å². The molecule has 186 valence electrons. The van der Waals surface area contributed by atoms with E-state index in [1.165, 1.54) is 18.4 Å². The normalized spacial score (nSPS) is 15.6. The molecule has 0 bridgehead atoms. The predicted octanol–water partition coefficient (Wildman–Crippen LogP) is 7.60. The highest BCUT2D eigenvalue weighted by atomic mass is 35.5. The fraction of sp³-hybridized carbons (Fsp3) is 0.423. The van der Waals surface area contributed by atoms with E-state index in [9.17, 15) is 9.59 Å². The van der Waals surface area contributed by atoms with Crippen molar-refractivity contribution in [1.82, 2.24) is 5.16 Å². The summed E-state index contributed by atoms with van der Waals surface area (Å²) in [5, 5.41) is 8.17. The molecule has 2 heterocycles. The maximum absolute atomic E-state index is 13.5. The van der Waals surface area contributed by atoms with Gasteiger partial charge in [0, 0.05) is 10.4 Å².